The average molecular weight is 526 g/mol. The van der Waals surface area contributed by atoms with Crippen LogP contribution in [0.1, 0.15) is 36.9 Å². The first-order valence-corrected chi connectivity index (χ1v) is 13.2. The van der Waals surface area contributed by atoms with E-state index in [2.05, 4.69) is 34.1 Å². The van der Waals surface area contributed by atoms with Gasteiger partial charge in [-0.15, -0.1) is 0 Å². The highest BCUT2D eigenvalue weighted by atomic mass is 16.6. The summed E-state index contributed by atoms with van der Waals surface area (Å²) in [5.74, 6) is 0.0128. The minimum atomic E-state index is -0.659. The van der Waals surface area contributed by atoms with Gasteiger partial charge in [0.15, 0.2) is 0 Å². The molecule has 0 amide bonds. The summed E-state index contributed by atoms with van der Waals surface area (Å²) >= 11 is 0. The molecule has 1 aliphatic heterocycles. The first kappa shape index (κ1) is 26.2. The summed E-state index contributed by atoms with van der Waals surface area (Å²) < 4.78 is 1.39. The van der Waals surface area contributed by atoms with E-state index in [0.29, 0.717) is 50.1 Å². The molecule has 0 bridgehead atoms. The number of fused-ring (bicyclic) bond motifs is 1. The molecule has 2 aromatic carbocycles. The second kappa shape index (κ2) is 11.6. The molecule has 4 aromatic rings. The summed E-state index contributed by atoms with van der Waals surface area (Å²) in [6.45, 7) is 4.04. The number of carbonyl (C=O) groups is 1. The van der Waals surface area contributed by atoms with Crippen LogP contribution in [0, 0.1) is 10.1 Å². The van der Waals surface area contributed by atoms with E-state index in [1.807, 2.05) is 41.3 Å². The SMILES string of the molecule is CC(=O)CCCn1c(=O)c([N+](=O)[O-])c(N2CCN(C(c3ccccc3)c3ccccc3)CC2)c2ncccc21. The van der Waals surface area contributed by atoms with Crippen molar-refractivity contribution in [2.24, 2.45) is 0 Å². The van der Waals surface area contributed by atoms with Gasteiger partial charge in [-0.3, -0.25) is 24.8 Å². The molecule has 1 fully saturated rings. The molecule has 0 radical (unpaired) electrons. The molecule has 0 atom stereocenters. The van der Waals surface area contributed by atoms with Crippen LogP contribution in [0.4, 0.5) is 11.4 Å². The molecule has 0 N–H and O–H groups in total. The Labute approximate surface area is 226 Å². The molecule has 1 aliphatic rings. The van der Waals surface area contributed by atoms with Crippen LogP contribution < -0.4 is 10.5 Å². The molecular weight excluding hydrogens is 494 g/mol. The minimum absolute atomic E-state index is 0.0128. The van der Waals surface area contributed by atoms with Crippen molar-refractivity contribution in [3.63, 3.8) is 0 Å². The second-order valence-electron chi connectivity index (χ2n) is 9.83. The molecular formula is C30H31N5O4. The van der Waals surface area contributed by atoms with Crippen LogP contribution in [0.15, 0.2) is 83.8 Å². The highest BCUT2D eigenvalue weighted by molar-refractivity contribution is 5.93. The zero-order chi connectivity index (χ0) is 27.4. The Balaban J connectivity index is 1.49. The molecule has 3 heterocycles. The molecule has 0 aliphatic carbocycles. The minimum Gasteiger partial charge on any atom is -0.361 e. The number of ketones is 1. The lowest BCUT2D eigenvalue weighted by Crippen LogP contribution is -2.48. The molecule has 5 rings (SSSR count). The number of hydrogen-bond donors (Lipinski definition) is 0. The predicted molar refractivity (Wildman–Crippen MR) is 151 cm³/mol. The number of Topliss-reactive ketones (excluding diaryl/α,β-unsaturated/α-hetero) is 1. The maximum atomic E-state index is 13.5. The van der Waals surface area contributed by atoms with E-state index in [1.165, 1.54) is 22.6 Å². The predicted octanol–water partition coefficient (Wildman–Crippen LogP) is 4.59. The van der Waals surface area contributed by atoms with Crippen LogP contribution >= 0.6 is 0 Å². The molecule has 39 heavy (non-hydrogen) atoms. The van der Waals surface area contributed by atoms with Crippen molar-refractivity contribution >= 4 is 28.2 Å². The smallest absolute Gasteiger partial charge is 0.359 e. The van der Waals surface area contributed by atoms with Crippen LogP contribution in [-0.4, -0.2) is 51.3 Å². The van der Waals surface area contributed by atoms with Crippen LogP contribution in [0.2, 0.25) is 0 Å². The van der Waals surface area contributed by atoms with E-state index in [0.717, 1.165) is 0 Å². The van der Waals surface area contributed by atoms with Gasteiger partial charge in [-0.2, -0.15) is 0 Å². The highest BCUT2D eigenvalue weighted by Gasteiger charge is 2.33. The number of hydrogen-bond acceptors (Lipinski definition) is 7. The number of nitro groups is 1. The van der Waals surface area contributed by atoms with Crippen molar-refractivity contribution in [3.8, 4) is 0 Å². The number of benzene rings is 2. The van der Waals surface area contributed by atoms with E-state index in [9.17, 15) is 19.7 Å². The number of piperazine rings is 1. The second-order valence-corrected chi connectivity index (χ2v) is 9.83. The van der Waals surface area contributed by atoms with Gasteiger partial charge in [0.1, 0.15) is 17.0 Å². The van der Waals surface area contributed by atoms with Crippen molar-refractivity contribution in [2.45, 2.75) is 32.4 Å². The van der Waals surface area contributed by atoms with Gasteiger partial charge < -0.3 is 14.3 Å². The third-order valence-electron chi connectivity index (χ3n) is 7.29. The van der Waals surface area contributed by atoms with Gasteiger partial charge in [-0.05, 0) is 36.6 Å². The normalized spacial score (nSPS) is 14.2. The molecule has 0 spiro atoms. The average Bonchev–Trinajstić information content (AvgIpc) is 2.95. The van der Waals surface area contributed by atoms with Crippen molar-refractivity contribution in [1.82, 2.24) is 14.5 Å². The van der Waals surface area contributed by atoms with Crippen LogP contribution in [0.5, 0.6) is 0 Å². The fraction of sp³-hybridized carbons (Fsp3) is 0.300. The molecule has 0 saturated carbocycles. The van der Waals surface area contributed by atoms with Crippen LogP contribution in [0.3, 0.4) is 0 Å². The molecule has 9 nitrogen and oxygen atoms in total. The number of aromatic nitrogens is 2. The Hall–Kier alpha value is -4.37. The Morgan fingerprint density at radius 2 is 1.56 bits per heavy atom. The summed E-state index contributed by atoms with van der Waals surface area (Å²) in [4.78, 5) is 45.4. The summed E-state index contributed by atoms with van der Waals surface area (Å²) in [6, 6.07) is 24.2. The standard InChI is InChI=1S/C30H31N5O4/c1-22(36)10-9-17-34-25-15-8-16-31-26(25)28(29(30(34)37)35(38)39)33-20-18-32(19-21-33)27(23-11-4-2-5-12-23)24-13-6-3-7-14-24/h2-8,11-16,27H,9-10,17-21H2,1H3. The number of pyridine rings is 2. The summed E-state index contributed by atoms with van der Waals surface area (Å²) in [5, 5.41) is 12.3. The third-order valence-corrected chi connectivity index (χ3v) is 7.29. The number of anilines is 1. The van der Waals surface area contributed by atoms with E-state index in [1.54, 1.807) is 18.3 Å². The monoisotopic (exact) mass is 525 g/mol. The fourth-order valence-corrected chi connectivity index (χ4v) is 5.51. The third kappa shape index (κ3) is 5.44. The van der Waals surface area contributed by atoms with Crippen molar-refractivity contribution in [1.29, 1.82) is 0 Å². The number of rotatable bonds is 9. The van der Waals surface area contributed by atoms with Gasteiger partial charge in [0.25, 0.3) is 0 Å². The zero-order valence-corrected chi connectivity index (χ0v) is 21.9. The summed E-state index contributed by atoms with van der Waals surface area (Å²) in [5.41, 5.74) is 2.50. The van der Waals surface area contributed by atoms with E-state index >= 15 is 0 Å². The Bertz CT molecular complexity index is 1490. The van der Waals surface area contributed by atoms with Gasteiger partial charge >= 0.3 is 11.2 Å². The summed E-state index contributed by atoms with van der Waals surface area (Å²) in [7, 11) is 0. The Kier molecular flexibility index (Phi) is 7.79. The van der Waals surface area contributed by atoms with Crippen molar-refractivity contribution < 1.29 is 9.72 Å². The van der Waals surface area contributed by atoms with Gasteiger partial charge in [0.2, 0.25) is 0 Å². The first-order chi connectivity index (χ1) is 19.0. The molecule has 200 valence electrons. The lowest BCUT2D eigenvalue weighted by atomic mass is 9.96. The van der Waals surface area contributed by atoms with Gasteiger partial charge in [0, 0.05) is 45.3 Å². The maximum Gasteiger partial charge on any atom is 0.359 e. The lowest BCUT2D eigenvalue weighted by molar-refractivity contribution is -0.385. The zero-order valence-electron chi connectivity index (χ0n) is 21.9. The lowest BCUT2D eigenvalue weighted by Gasteiger charge is -2.40. The van der Waals surface area contributed by atoms with E-state index in [-0.39, 0.29) is 24.1 Å². The Morgan fingerprint density at radius 3 is 2.13 bits per heavy atom. The first-order valence-electron chi connectivity index (χ1n) is 13.2. The van der Waals surface area contributed by atoms with E-state index in [4.69, 9.17) is 0 Å². The number of aryl methyl sites for hydroxylation is 1. The van der Waals surface area contributed by atoms with Crippen molar-refractivity contribution in [3.05, 3.63) is 111 Å². The van der Waals surface area contributed by atoms with Crippen molar-refractivity contribution in [2.75, 3.05) is 31.1 Å². The van der Waals surface area contributed by atoms with Gasteiger partial charge in [0.05, 0.1) is 16.5 Å². The van der Waals surface area contributed by atoms with E-state index < -0.39 is 16.2 Å². The Morgan fingerprint density at radius 1 is 0.949 bits per heavy atom. The molecule has 0 unspecified atom stereocenters. The highest BCUT2D eigenvalue weighted by Crippen LogP contribution is 2.35. The largest absolute Gasteiger partial charge is 0.361 e. The van der Waals surface area contributed by atoms with Crippen LogP contribution in [0.25, 0.3) is 11.0 Å². The van der Waals surface area contributed by atoms with Gasteiger partial charge in [-0.25, -0.2) is 0 Å². The molecule has 1 saturated heterocycles. The molecule has 2 aromatic heterocycles. The quantitative estimate of drug-likeness (QED) is 0.233. The number of carbonyl (C=O) groups excluding carboxylic acids is 1. The molecule has 9 heteroatoms. The fourth-order valence-electron chi connectivity index (χ4n) is 5.51. The summed E-state index contributed by atoms with van der Waals surface area (Å²) in [6.07, 6.45) is 2.32. The number of nitrogens with zero attached hydrogens (tertiary/aromatic N) is 5. The maximum absolute atomic E-state index is 13.5. The van der Waals surface area contributed by atoms with Crippen LogP contribution in [-0.2, 0) is 11.3 Å². The van der Waals surface area contributed by atoms with Gasteiger partial charge in [-0.1, -0.05) is 60.7 Å². The topological polar surface area (TPSA) is 102 Å².